The van der Waals surface area contributed by atoms with E-state index in [2.05, 4.69) is 20.1 Å². The van der Waals surface area contributed by atoms with E-state index >= 15 is 0 Å². The lowest BCUT2D eigenvalue weighted by Gasteiger charge is -2.34. The van der Waals surface area contributed by atoms with E-state index in [1.807, 2.05) is 24.3 Å². The molecule has 1 aliphatic heterocycles. The molecule has 0 unspecified atom stereocenters. The normalized spacial score (nSPS) is 16.6. The molecule has 0 spiro atoms. The summed E-state index contributed by atoms with van der Waals surface area (Å²) in [7, 11) is 0. The summed E-state index contributed by atoms with van der Waals surface area (Å²) < 4.78 is 0. The van der Waals surface area contributed by atoms with Crippen LogP contribution in [-0.2, 0) is 11.3 Å². The number of carbonyl (C=O) groups excluding carboxylic acids is 1. The number of rotatable bonds is 4. The van der Waals surface area contributed by atoms with Crippen molar-refractivity contribution in [2.45, 2.75) is 6.54 Å². The molecule has 20 heavy (non-hydrogen) atoms. The Balaban J connectivity index is 1.79. The summed E-state index contributed by atoms with van der Waals surface area (Å²) in [6, 6.07) is 7.71. The second-order valence-electron chi connectivity index (χ2n) is 4.90. The van der Waals surface area contributed by atoms with Crippen LogP contribution < -0.4 is 11.3 Å². The largest absolute Gasteiger partial charge is 0.297 e. The molecule has 1 heterocycles. The van der Waals surface area contributed by atoms with E-state index in [1.165, 1.54) is 5.56 Å². The second-order valence-corrected chi connectivity index (χ2v) is 4.90. The van der Waals surface area contributed by atoms with Crippen molar-refractivity contribution < 1.29 is 4.79 Å². The lowest BCUT2D eigenvalue weighted by molar-refractivity contribution is -0.122. The first-order valence-corrected chi connectivity index (χ1v) is 6.62. The van der Waals surface area contributed by atoms with Crippen LogP contribution in [0.15, 0.2) is 24.3 Å². The number of benzene rings is 1. The smallest absolute Gasteiger partial charge is 0.248 e. The van der Waals surface area contributed by atoms with Crippen LogP contribution in [0, 0.1) is 6.57 Å². The maximum atomic E-state index is 11.2. The van der Waals surface area contributed by atoms with Gasteiger partial charge in [-0.25, -0.2) is 10.7 Å². The van der Waals surface area contributed by atoms with Crippen LogP contribution in [0.1, 0.15) is 5.56 Å². The highest BCUT2D eigenvalue weighted by molar-refractivity contribution is 5.77. The Bertz CT molecular complexity index is 485. The molecule has 1 fully saturated rings. The molecule has 0 bridgehead atoms. The fraction of sp³-hybridized carbons (Fsp3) is 0.429. The number of carbonyl (C=O) groups is 1. The predicted octanol–water partition coefficient (Wildman–Crippen LogP) is 0.345. The van der Waals surface area contributed by atoms with E-state index in [-0.39, 0.29) is 5.91 Å². The van der Waals surface area contributed by atoms with Crippen LogP contribution in [0.25, 0.3) is 4.85 Å². The first-order valence-electron chi connectivity index (χ1n) is 6.62. The number of hydrogen-bond acceptors (Lipinski definition) is 4. The molecule has 0 saturated carbocycles. The van der Waals surface area contributed by atoms with Gasteiger partial charge < -0.3 is 0 Å². The molecule has 0 radical (unpaired) electrons. The minimum absolute atomic E-state index is 0.145. The number of amides is 1. The quantitative estimate of drug-likeness (QED) is 0.359. The number of hydrazine groups is 1. The maximum Gasteiger partial charge on any atom is 0.248 e. The van der Waals surface area contributed by atoms with Crippen molar-refractivity contribution in [2.24, 2.45) is 5.84 Å². The zero-order valence-corrected chi connectivity index (χ0v) is 11.4. The van der Waals surface area contributed by atoms with Gasteiger partial charge in [0.05, 0.1) is 13.1 Å². The number of piperazine rings is 1. The standard InChI is InChI=1S/C14H19N5O/c1-16-13-4-2-12(3-5-13)10-18-6-8-19(9-7-18)11-14(20)17-15/h2-5H,6-11,15H2,(H,17,20). The fourth-order valence-electron chi connectivity index (χ4n) is 2.29. The minimum Gasteiger partial charge on any atom is -0.297 e. The van der Waals surface area contributed by atoms with Crippen LogP contribution in [0.4, 0.5) is 5.69 Å². The molecule has 1 aromatic rings. The zero-order chi connectivity index (χ0) is 14.4. The van der Waals surface area contributed by atoms with E-state index in [0.717, 1.165) is 32.7 Å². The number of nitrogens with one attached hydrogen (secondary N) is 1. The number of nitrogens with two attached hydrogens (primary N) is 1. The molecule has 0 aliphatic carbocycles. The van der Waals surface area contributed by atoms with Gasteiger partial charge in [0.15, 0.2) is 5.69 Å². The molecule has 106 valence electrons. The van der Waals surface area contributed by atoms with Crippen molar-refractivity contribution >= 4 is 11.6 Å². The molecule has 6 nitrogen and oxygen atoms in total. The highest BCUT2D eigenvalue weighted by Crippen LogP contribution is 2.14. The summed E-state index contributed by atoms with van der Waals surface area (Å²) in [4.78, 5) is 19.0. The van der Waals surface area contributed by atoms with E-state index < -0.39 is 0 Å². The molecular formula is C14H19N5O. The summed E-state index contributed by atoms with van der Waals surface area (Å²) >= 11 is 0. The molecule has 2 rings (SSSR count). The fourth-order valence-corrected chi connectivity index (χ4v) is 2.29. The Hall–Kier alpha value is -1.94. The van der Waals surface area contributed by atoms with Gasteiger partial charge in [0, 0.05) is 32.7 Å². The average molecular weight is 273 g/mol. The van der Waals surface area contributed by atoms with Crippen molar-refractivity contribution in [3.05, 3.63) is 41.2 Å². The van der Waals surface area contributed by atoms with Crippen LogP contribution >= 0.6 is 0 Å². The summed E-state index contributed by atoms with van der Waals surface area (Å²) in [5.74, 6) is 4.94. The molecule has 1 aromatic carbocycles. The van der Waals surface area contributed by atoms with Gasteiger partial charge in [-0.1, -0.05) is 24.3 Å². The average Bonchev–Trinajstić information content (AvgIpc) is 2.50. The predicted molar refractivity (Wildman–Crippen MR) is 76.8 cm³/mol. The number of nitrogens with zero attached hydrogens (tertiary/aromatic N) is 3. The first-order chi connectivity index (χ1) is 9.71. The van der Waals surface area contributed by atoms with Crippen molar-refractivity contribution in [1.29, 1.82) is 0 Å². The Morgan fingerprint density at radius 1 is 1.20 bits per heavy atom. The van der Waals surface area contributed by atoms with E-state index in [9.17, 15) is 4.79 Å². The van der Waals surface area contributed by atoms with E-state index in [1.54, 1.807) is 0 Å². The maximum absolute atomic E-state index is 11.2. The monoisotopic (exact) mass is 273 g/mol. The Labute approximate surface area is 118 Å². The van der Waals surface area contributed by atoms with Crippen molar-refractivity contribution in [3.63, 3.8) is 0 Å². The third kappa shape index (κ3) is 4.03. The van der Waals surface area contributed by atoms with Gasteiger partial charge in [0.1, 0.15) is 0 Å². The van der Waals surface area contributed by atoms with Gasteiger partial charge in [-0.05, 0) is 5.56 Å². The number of hydrogen-bond donors (Lipinski definition) is 2. The molecule has 0 aromatic heterocycles. The highest BCUT2D eigenvalue weighted by Gasteiger charge is 2.18. The zero-order valence-electron chi connectivity index (χ0n) is 11.4. The van der Waals surface area contributed by atoms with Crippen molar-refractivity contribution in [1.82, 2.24) is 15.2 Å². The van der Waals surface area contributed by atoms with Gasteiger partial charge in [-0.3, -0.25) is 20.0 Å². The van der Waals surface area contributed by atoms with Gasteiger partial charge >= 0.3 is 0 Å². The van der Waals surface area contributed by atoms with Crippen molar-refractivity contribution in [3.8, 4) is 0 Å². The summed E-state index contributed by atoms with van der Waals surface area (Å²) in [5, 5.41) is 0. The van der Waals surface area contributed by atoms with E-state index in [0.29, 0.717) is 12.2 Å². The molecule has 6 heteroatoms. The molecule has 1 amide bonds. The Morgan fingerprint density at radius 3 is 2.35 bits per heavy atom. The van der Waals surface area contributed by atoms with Crippen LogP contribution in [0.5, 0.6) is 0 Å². The molecule has 1 aliphatic rings. The third-order valence-electron chi connectivity index (χ3n) is 3.46. The first kappa shape index (κ1) is 14.5. The van der Waals surface area contributed by atoms with Gasteiger partial charge in [0.25, 0.3) is 0 Å². The molecular weight excluding hydrogens is 254 g/mol. The van der Waals surface area contributed by atoms with Gasteiger partial charge in [-0.15, -0.1) is 0 Å². The lowest BCUT2D eigenvalue weighted by atomic mass is 10.2. The van der Waals surface area contributed by atoms with Crippen LogP contribution in [0.2, 0.25) is 0 Å². The third-order valence-corrected chi connectivity index (χ3v) is 3.46. The van der Waals surface area contributed by atoms with Crippen molar-refractivity contribution in [2.75, 3.05) is 32.7 Å². The summed E-state index contributed by atoms with van der Waals surface area (Å²) in [6.07, 6.45) is 0. The minimum atomic E-state index is -0.145. The second kappa shape index (κ2) is 7.01. The van der Waals surface area contributed by atoms with Crippen LogP contribution in [-0.4, -0.2) is 48.4 Å². The molecule has 0 atom stereocenters. The SMILES string of the molecule is [C-]#[N+]c1ccc(CN2CCN(CC(=O)NN)CC2)cc1. The highest BCUT2D eigenvalue weighted by atomic mass is 16.2. The lowest BCUT2D eigenvalue weighted by Crippen LogP contribution is -2.49. The summed E-state index contributed by atoms with van der Waals surface area (Å²) in [5.41, 5.74) is 4.04. The Kier molecular flexibility index (Phi) is 5.07. The van der Waals surface area contributed by atoms with E-state index in [4.69, 9.17) is 12.4 Å². The van der Waals surface area contributed by atoms with Gasteiger partial charge in [-0.2, -0.15) is 0 Å². The Morgan fingerprint density at radius 2 is 1.80 bits per heavy atom. The molecule has 3 N–H and O–H groups in total. The topological polar surface area (TPSA) is 66.0 Å². The summed E-state index contributed by atoms with van der Waals surface area (Å²) in [6.45, 7) is 11.8. The molecule has 1 saturated heterocycles. The van der Waals surface area contributed by atoms with Crippen LogP contribution in [0.3, 0.4) is 0 Å². The van der Waals surface area contributed by atoms with Gasteiger partial charge in [0.2, 0.25) is 5.91 Å².